The van der Waals surface area contributed by atoms with E-state index < -0.39 is 11.6 Å². The molecule has 0 bridgehead atoms. The Morgan fingerprint density at radius 3 is 2.58 bits per heavy atom. The van der Waals surface area contributed by atoms with E-state index in [0.29, 0.717) is 9.47 Å². The topological polar surface area (TPSA) is 54.9 Å². The van der Waals surface area contributed by atoms with Gasteiger partial charge in [-0.2, -0.15) is 0 Å². The molecule has 0 aliphatic carbocycles. The van der Waals surface area contributed by atoms with Crippen LogP contribution in [0.4, 0.5) is 19.6 Å². The smallest absolute Gasteiger partial charge is 0.210 e. The van der Waals surface area contributed by atoms with E-state index in [1.807, 2.05) is 24.3 Å². The van der Waals surface area contributed by atoms with E-state index in [-0.39, 0.29) is 17.1 Å². The van der Waals surface area contributed by atoms with Crippen LogP contribution in [0.15, 0.2) is 46.8 Å². The first-order chi connectivity index (χ1) is 12.5. The summed E-state index contributed by atoms with van der Waals surface area (Å²) in [5.74, 6) is -2.22. The first-order valence-corrected chi connectivity index (χ1v) is 9.66. The Kier molecular flexibility index (Phi) is 5.95. The molecule has 0 amide bonds. The molecule has 4 nitrogen and oxygen atoms in total. The molecule has 0 aliphatic rings. The predicted molar refractivity (Wildman–Crippen MR) is 100 cm³/mol. The van der Waals surface area contributed by atoms with Crippen LogP contribution >= 0.6 is 23.1 Å². The molecule has 0 unspecified atom stereocenters. The highest BCUT2D eigenvalue weighted by Gasteiger charge is 2.12. The molecule has 0 spiro atoms. The second-order valence-electron chi connectivity index (χ2n) is 5.39. The predicted octanol–water partition coefficient (Wildman–Crippen LogP) is 5.10. The number of ketones is 1. The van der Waals surface area contributed by atoms with Gasteiger partial charge < -0.3 is 5.32 Å². The highest BCUT2D eigenvalue weighted by molar-refractivity contribution is 8.01. The zero-order chi connectivity index (χ0) is 18.5. The number of carbonyl (C=O) groups is 1. The minimum Gasteiger partial charge on any atom is -0.330 e. The summed E-state index contributed by atoms with van der Waals surface area (Å²) in [4.78, 5) is 12.1. The highest BCUT2D eigenvalue weighted by atomic mass is 32.2. The van der Waals surface area contributed by atoms with Gasteiger partial charge in [0.25, 0.3) is 0 Å². The van der Waals surface area contributed by atoms with Gasteiger partial charge in [-0.1, -0.05) is 42.2 Å². The maximum Gasteiger partial charge on any atom is 0.210 e. The van der Waals surface area contributed by atoms with E-state index in [9.17, 15) is 13.6 Å². The van der Waals surface area contributed by atoms with Crippen LogP contribution in [0, 0.1) is 11.6 Å². The van der Waals surface area contributed by atoms with Crippen LogP contribution in [0.5, 0.6) is 0 Å². The van der Waals surface area contributed by atoms with Gasteiger partial charge >= 0.3 is 0 Å². The van der Waals surface area contributed by atoms with Gasteiger partial charge in [-0.05, 0) is 42.3 Å². The summed E-state index contributed by atoms with van der Waals surface area (Å²) in [5.41, 5.74) is 2.29. The number of nitrogens with one attached hydrogen (secondary N) is 1. The fraction of sp³-hybridized carbons (Fsp3) is 0.167. The van der Waals surface area contributed by atoms with E-state index in [0.717, 1.165) is 24.2 Å². The Hall–Kier alpha value is -2.32. The molecule has 1 aromatic heterocycles. The zero-order valence-corrected chi connectivity index (χ0v) is 15.5. The quantitative estimate of drug-likeness (QED) is 0.449. The van der Waals surface area contributed by atoms with Gasteiger partial charge in [-0.3, -0.25) is 4.79 Å². The minimum atomic E-state index is -1.03. The van der Waals surface area contributed by atoms with Crippen molar-refractivity contribution in [2.24, 2.45) is 0 Å². The maximum absolute atomic E-state index is 13.2. The number of hydrogen-bond donors (Lipinski definition) is 1. The first-order valence-electron chi connectivity index (χ1n) is 7.85. The summed E-state index contributed by atoms with van der Waals surface area (Å²) in [6.07, 6.45) is 0.978. The lowest BCUT2D eigenvalue weighted by molar-refractivity contribution is 0.102. The molecule has 0 fully saturated rings. The molecule has 134 valence electrons. The number of benzene rings is 2. The molecule has 1 N–H and O–H groups in total. The number of aromatic nitrogens is 2. The number of halogens is 2. The molecule has 1 heterocycles. The van der Waals surface area contributed by atoms with Crippen LogP contribution in [-0.4, -0.2) is 21.7 Å². The lowest BCUT2D eigenvalue weighted by atomic mass is 10.1. The molecule has 3 rings (SSSR count). The van der Waals surface area contributed by atoms with E-state index in [1.54, 1.807) is 0 Å². The average Bonchev–Trinajstić information content (AvgIpc) is 3.10. The van der Waals surface area contributed by atoms with Crippen LogP contribution in [-0.2, 0) is 6.42 Å². The van der Waals surface area contributed by atoms with E-state index in [1.165, 1.54) is 34.7 Å². The summed E-state index contributed by atoms with van der Waals surface area (Å²) in [6, 6.07) is 11.2. The Morgan fingerprint density at radius 2 is 1.88 bits per heavy atom. The largest absolute Gasteiger partial charge is 0.330 e. The summed E-state index contributed by atoms with van der Waals surface area (Å²) in [7, 11) is 0. The number of rotatable bonds is 7. The summed E-state index contributed by atoms with van der Waals surface area (Å²) in [5, 5.41) is 11.9. The molecule has 2 aromatic carbocycles. The number of carbonyl (C=O) groups excluding carboxylic acids is 1. The normalized spacial score (nSPS) is 10.7. The maximum atomic E-state index is 13.2. The lowest BCUT2D eigenvalue weighted by Gasteiger charge is -2.02. The molecule has 0 saturated heterocycles. The van der Waals surface area contributed by atoms with Crippen LogP contribution in [0.25, 0.3) is 0 Å². The third kappa shape index (κ3) is 4.64. The molecule has 0 saturated carbocycles. The second kappa shape index (κ2) is 8.37. The number of Topliss-reactive ketones (excluding diaryl/α,β-unsaturated/α-hetero) is 1. The minimum absolute atomic E-state index is 0.0743. The van der Waals surface area contributed by atoms with E-state index >= 15 is 0 Å². The van der Waals surface area contributed by atoms with Crippen LogP contribution in [0.1, 0.15) is 22.8 Å². The number of thioether (sulfide) groups is 1. The fourth-order valence-electron chi connectivity index (χ4n) is 2.15. The monoisotopic (exact) mass is 391 g/mol. The second-order valence-corrected chi connectivity index (χ2v) is 7.59. The molecule has 0 atom stereocenters. The third-order valence-electron chi connectivity index (χ3n) is 3.59. The van der Waals surface area contributed by atoms with Crippen LogP contribution in [0.2, 0.25) is 0 Å². The molecular weight excluding hydrogens is 376 g/mol. The SMILES string of the molecule is CCc1ccc(Nc2nnc(SCC(=O)c3ccc(F)c(F)c3)s2)cc1. The molecular formula is C18H15F2N3OS2. The number of anilines is 2. The van der Waals surface area contributed by atoms with Crippen molar-refractivity contribution in [2.75, 3.05) is 11.1 Å². The van der Waals surface area contributed by atoms with Crippen molar-refractivity contribution >= 4 is 39.7 Å². The van der Waals surface area contributed by atoms with Gasteiger partial charge in [0, 0.05) is 11.3 Å². The Morgan fingerprint density at radius 1 is 1.12 bits per heavy atom. The molecule has 3 aromatic rings. The lowest BCUT2D eigenvalue weighted by Crippen LogP contribution is -2.03. The van der Waals surface area contributed by atoms with Crippen molar-refractivity contribution in [3.05, 3.63) is 65.2 Å². The van der Waals surface area contributed by atoms with Gasteiger partial charge in [-0.15, -0.1) is 10.2 Å². The van der Waals surface area contributed by atoms with Crippen molar-refractivity contribution in [1.29, 1.82) is 0 Å². The van der Waals surface area contributed by atoms with E-state index in [4.69, 9.17) is 0 Å². The number of aryl methyl sites for hydroxylation is 1. The van der Waals surface area contributed by atoms with Crippen LogP contribution in [0.3, 0.4) is 0 Å². The van der Waals surface area contributed by atoms with Crippen molar-refractivity contribution in [2.45, 2.75) is 17.7 Å². The van der Waals surface area contributed by atoms with Gasteiger partial charge in [-0.25, -0.2) is 8.78 Å². The number of nitrogens with zero attached hydrogens (tertiary/aromatic N) is 2. The standard InChI is InChI=1S/C18H15F2N3OS2/c1-2-11-3-6-13(7-4-11)21-17-22-23-18(26-17)25-10-16(24)12-5-8-14(19)15(20)9-12/h3-9H,2,10H2,1H3,(H,21,22). The van der Waals surface area contributed by atoms with Gasteiger partial charge in [0.1, 0.15) is 0 Å². The third-order valence-corrected chi connectivity index (χ3v) is 5.56. The van der Waals surface area contributed by atoms with Crippen LogP contribution < -0.4 is 5.32 Å². The molecule has 0 radical (unpaired) electrons. The van der Waals surface area contributed by atoms with E-state index in [2.05, 4.69) is 22.4 Å². The summed E-state index contributed by atoms with van der Waals surface area (Å²) < 4.78 is 26.7. The van der Waals surface area contributed by atoms with Crippen molar-refractivity contribution in [1.82, 2.24) is 10.2 Å². The zero-order valence-electron chi connectivity index (χ0n) is 13.8. The molecule has 0 aliphatic heterocycles. The van der Waals surface area contributed by atoms with Crippen molar-refractivity contribution in [3.8, 4) is 0 Å². The fourth-order valence-corrected chi connectivity index (χ4v) is 3.81. The first kappa shape index (κ1) is 18.5. The van der Waals surface area contributed by atoms with Gasteiger partial charge in [0.15, 0.2) is 21.8 Å². The van der Waals surface area contributed by atoms with Crippen molar-refractivity contribution < 1.29 is 13.6 Å². The van der Waals surface area contributed by atoms with Gasteiger partial charge in [0.2, 0.25) is 5.13 Å². The average molecular weight is 391 g/mol. The highest BCUT2D eigenvalue weighted by Crippen LogP contribution is 2.28. The Balaban J connectivity index is 1.57. The summed E-state index contributed by atoms with van der Waals surface area (Å²) >= 11 is 2.53. The number of hydrogen-bond acceptors (Lipinski definition) is 6. The molecule has 26 heavy (non-hydrogen) atoms. The van der Waals surface area contributed by atoms with Crippen molar-refractivity contribution in [3.63, 3.8) is 0 Å². The molecule has 8 heteroatoms. The summed E-state index contributed by atoms with van der Waals surface area (Å²) in [6.45, 7) is 2.10. The Bertz CT molecular complexity index is 913. The Labute approximate surface area is 157 Å². The van der Waals surface area contributed by atoms with Gasteiger partial charge in [0.05, 0.1) is 5.75 Å².